The molecule has 0 aliphatic carbocycles. The minimum absolute atomic E-state index is 0.259. The van der Waals surface area contributed by atoms with Gasteiger partial charge in [-0.15, -0.1) is 0 Å². The second-order valence-electron chi connectivity index (χ2n) is 6.68. The summed E-state index contributed by atoms with van der Waals surface area (Å²) < 4.78 is 20.1. The lowest BCUT2D eigenvalue weighted by Crippen LogP contribution is -2.12. The van der Waals surface area contributed by atoms with Crippen LogP contribution in [0, 0.1) is 31.6 Å². The van der Waals surface area contributed by atoms with Gasteiger partial charge in [-0.25, -0.2) is 4.98 Å². The van der Waals surface area contributed by atoms with Crippen molar-refractivity contribution in [3.63, 3.8) is 0 Å². The predicted molar refractivity (Wildman–Crippen MR) is 91.0 cm³/mol. The Hall–Kier alpha value is -1.97. The van der Waals surface area contributed by atoms with Crippen LogP contribution >= 0.6 is 0 Å². The molecular formula is C19H25FN2O. The molecule has 0 saturated carbocycles. The molecule has 0 bridgehead atoms. The van der Waals surface area contributed by atoms with Gasteiger partial charge >= 0.3 is 0 Å². The van der Waals surface area contributed by atoms with E-state index in [4.69, 9.17) is 4.74 Å². The highest BCUT2D eigenvalue weighted by molar-refractivity contribution is 5.61. The van der Waals surface area contributed by atoms with Crippen molar-refractivity contribution in [1.29, 1.82) is 0 Å². The molecule has 2 aromatic rings. The fourth-order valence-electron chi connectivity index (χ4n) is 2.75. The number of pyridine rings is 2. The summed E-state index contributed by atoms with van der Waals surface area (Å²) in [5, 5.41) is 0. The van der Waals surface area contributed by atoms with E-state index in [1.165, 1.54) is 0 Å². The number of nitrogens with zero attached hydrogens (tertiary/aromatic N) is 2. The van der Waals surface area contributed by atoms with E-state index in [0.29, 0.717) is 24.1 Å². The van der Waals surface area contributed by atoms with Gasteiger partial charge in [-0.3, -0.25) is 4.98 Å². The summed E-state index contributed by atoms with van der Waals surface area (Å²) in [5.41, 5.74) is 3.11. The summed E-state index contributed by atoms with van der Waals surface area (Å²) >= 11 is 0. The summed E-state index contributed by atoms with van der Waals surface area (Å²) in [6, 6.07) is 5.59. The molecule has 0 N–H and O–H groups in total. The molecule has 0 spiro atoms. The van der Waals surface area contributed by atoms with Crippen molar-refractivity contribution >= 4 is 0 Å². The van der Waals surface area contributed by atoms with Crippen LogP contribution in [0.4, 0.5) is 4.39 Å². The molecule has 4 heteroatoms. The summed E-state index contributed by atoms with van der Waals surface area (Å²) in [6.45, 7) is 10.7. The highest BCUT2D eigenvalue weighted by Crippen LogP contribution is 2.27. The molecule has 2 rings (SSSR count). The second-order valence-corrected chi connectivity index (χ2v) is 6.68. The maximum atomic E-state index is 14.4. The number of halogens is 1. The summed E-state index contributed by atoms with van der Waals surface area (Å²) in [7, 11) is 0. The van der Waals surface area contributed by atoms with Crippen molar-refractivity contribution in [2.75, 3.05) is 6.61 Å². The van der Waals surface area contributed by atoms with Crippen LogP contribution in [0.2, 0.25) is 0 Å². The van der Waals surface area contributed by atoms with Crippen LogP contribution in [0.5, 0.6) is 5.75 Å². The fourth-order valence-corrected chi connectivity index (χ4v) is 2.75. The summed E-state index contributed by atoms with van der Waals surface area (Å²) in [4.78, 5) is 8.22. The minimum Gasteiger partial charge on any atom is -0.488 e. The van der Waals surface area contributed by atoms with Crippen LogP contribution < -0.4 is 4.74 Å². The Bertz CT molecular complexity index is 647. The lowest BCUT2D eigenvalue weighted by molar-refractivity contribution is 0.227. The average Bonchev–Trinajstić information content (AvgIpc) is 2.45. The molecule has 0 aliphatic rings. The first-order valence-electron chi connectivity index (χ1n) is 8.09. The first kappa shape index (κ1) is 17.4. The number of hydrogen-bond acceptors (Lipinski definition) is 3. The zero-order valence-electron chi connectivity index (χ0n) is 14.6. The first-order valence-corrected chi connectivity index (χ1v) is 8.09. The zero-order valence-corrected chi connectivity index (χ0v) is 14.6. The Labute approximate surface area is 137 Å². The van der Waals surface area contributed by atoms with Crippen LogP contribution in [-0.2, 0) is 0 Å². The van der Waals surface area contributed by atoms with Crippen LogP contribution in [0.15, 0.2) is 24.4 Å². The van der Waals surface area contributed by atoms with Crippen molar-refractivity contribution < 1.29 is 9.13 Å². The molecular weight excluding hydrogens is 291 g/mol. The molecule has 23 heavy (non-hydrogen) atoms. The number of hydrogen-bond donors (Lipinski definition) is 0. The standard InChI is InChI=1S/C19H25FN2O/c1-12(2)8-13(3)11-23-18-14(4)9-17(22-19(18)20)16-6-7-21-15(5)10-16/h6-7,9-10,12-13H,8,11H2,1-5H3. The molecule has 3 nitrogen and oxygen atoms in total. The lowest BCUT2D eigenvalue weighted by Gasteiger charge is -2.17. The molecule has 0 radical (unpaired) electrons. The molecule has 0 aromatic carbocycles. The molecule has 1 atom stereocenters. The van der Waals surface area contributed by atoms with E-state index in [1.807, 2.05) is 32.0 Å². The Balaban J connectivity index is 2.17. The van der Waals surface area contributed by atoms with E-state index in [1.54, 1.807) is 6.20 Å². The topological polar surface area (TPSA) is 35.0 Å². The Morgan fingerprint density at radius 2 is 1.91 bits per heavy atom. The van der Waals surface area contributed by atoms with Gasteiger partial charge in [0.1, 0.15) is 0 Å². The maximum Gasteiger partial charge on any atom is 0.256 e. The molecule has 1 unspecified atom stereocenters. The molecule has 2 heterocycles. The molecule has 0 aliphatic heterocycles. The van der Waals surface area contributed by atoms with Gasteiger partial charge in [-0.05, 0) is 55.9 Å². The molecule has 0 amide bonds. The molecule has 0 fully saturated rings. The van der Waals surface area contributed by atoms with E-state index in [0.717, 1.165) is 23.2 Å². The number of aromatic nitrogens is 2. The number of rotatable bonds is 6. The average molecular weight is 316 g/mol. The maximum absolute atomic E-state index is 14.4. The van der Waals surface area contributed by atoms with Crippen molar-refractivity contribution in [3.8, 4) is 17.0 Å². The van der Waals surface area contributed by atoms with Gasteiger partial charge in [-0.2, -0.15) is 4.39 Å². The van der Waals surface area contributed by atoms with E-state index in [9.17, 15) is 4.39 Å². The van der Waals surface area contributed by atoms with Gasteiger partial charge in [0.2, 0.25) is 0 Å². The third-order valence-electron chi connectivity index (χ3n) is 3.70. The van der Waals surface area contributed by atoms with Crippen molar-refractivity contribution in [1.82, 2.24) is 9.97 Å². The van der Waals surface area contributed by atoms with Crippen LogP contribution in [0.3, 0.4) is 0 Å². The van der Waals surface area contributed by atoms with E-state index in [-0.39, 0.29) is 5.75 Å². The Kier molecular flexibility index (Phi) is 5.69. The third-order valence-corrected chi connectivity index (χ3v) is 3.70. The van der Waals surface area contributed by atoms with Crippen molar-refractivity contribution in [2.45, 2.75) is 41.0 Å². The summed E-state index contributed by atoms with van der Waals surface area (Å²) in [6.07, 6.45) is 2.76. The molecule has 2 aromatic heterocycles. The smallest absolute Gasteiger partial charge is 0.256 e. The fraction of sp³-hybridized carbons (Fsp3) is 0.474. The van der Waals surface area contributed by atoms with Crippen molar-refractivity contribution in [2.24, 2.45) is 11.8 Å². The lowest BCUT2D eigenvalue weighted by atomic mass is 10.00. The largest absolute Gasteiger partial charge is 0.488 e. The third kappa shape index (κ3) is 4.75. The van der Waals surface area contributed by atoms with Gasteiger partial charge in [0.15, 0.2) is 5.75 Å². The van der Waals surface area contributed by atoms with E-state index >= 15 is 0 Å². The monoisotopic (exact) mass is 316 g/mol. The highest BCUT2D eigenvalue weighted by atomic mass is 19.1. The number of ether oxygens (including phenoxy) is 1. The summed E-state index contributed by atoms with van der Waals surface area (Å²) in [5.74, 6) is 0.702. The number of aryl methyl sites for hydroxylation is 2. The second kappa shape index (κ2) is 7.53. The van der Waals surface area contributed by atoms with E-state index in [2.05, 4.69) is 30.7 Å². The van der Waals surface area contributed by atoms with Gasteiger partial charge in [0, 0.05) is 17.5 Å². The Morgan fingerprint density at radius 1 is 1.17 bits per heavy atom. The first-order chi connectivity index (χ1) is 10.9. The van der Waals surface area contributed by atoms with Crippen LogP contribution in [-0.4, -0.2) is 16.6 Å². The normalized spacial score (nSPS) is 12.5. The van der Waals surface area contributed by atoms with Gasteiger partial charge < -0.3 is 4.74 Å². The van der Waals surface area contributed by atoms with Crippen molar-refractivity contribution in [3.05, 3.63) is 41.6 Å². The molecule has 124 valence electrons. The van der Waals surface area contributed by atoms with Gasteiger partial charge in [0.05, 0.1) is 12.3 Å². The van der Waals surface area contributed by atoms with Crippen LogP contribution in [0.1, 0.15) is 38.4 Å². The predicted octanol–water partition coefficient (Wildman–Crippen LogP) is 4.96. The van der Waals surface area contributed by atoms with Gasteiger partial charge in [-0.1, -0.05) is 20.8 Å². The quantitative estimate of drug-likeness (QED) is 0.706. The van der Waals surface area contributed by atoms with Crippen LogP contribution in [0.25, 0.3) is 11.3 Å². The highest BCUT2D eigenvalue weighted by Gasteiger charge is 2.14. The minimum atomic E-state index is -0.550. The van der Waals surface area contributed by atoms with E-state index < -0.39 is 5.95 Å². The molecule has 0 saturated heterocycles. The Morgan fingerprint density at radius 3 is 2.52 bits per heavy atom. The SMILES string of the molecule is Cc1cc(-c2cc(C)c(OCC(C)CC(C)C)c(F)n2)ccn1. The van der Waals surface area contributed by atoms with Gasteiger partial charge in [0.25, 0.3) is 5.95 Å². The zero-order chi connectivity index (χ0) is 17.0.